The number of nitrogens with zero attached hydrogens (tertiary/aromatic N) is 1. The highest BCUT2D eigenvalue weighted by Crippen LogP contribution is 2.33. The van der Waals surface area contributed by atoms with E-state index in [9.17, 15) is 14.0 Å². The second-order valence-electron chi connectivity index (χ2n) is 7.84. The molecular formula is C24H30FNO5. The molecule has 7 heteroatoms. The molecule has 0 amide bonds. The fraction of sp³-hybridized carbons (Fsp3) is 0.417. The summed E-state index contributed by atoms with van der Waals surface area (Å²) >= 11 is 0. The lowest BCUT2D eigenvalue weighted by atomic mass is 10.1. The largest absolute Gasteiger partial charge is 0.497 e. The first-order chi connectivity index (χ1) is 14.5. The SMILES string of the molecule is COc1ccc(N(c2cc(C)c(F)c(C)c2)C(C(=O)OC(C)C)C(=O)OC(C)C)cc1. The molecule has 0 N–H and O–H groups in total. The van der Waals surface area contributed by atoms with Crippen LogP contribution in [0.4, 0.5) is 15.8 Å². The molecule has 168 valence electrons. The van der Waals surface area contributed by atoms with Crippen molar-refractivity contribution in [1.82, 2.24) is 0 Å². The Kier molecular flexibility index (Phi) is 8.02. The third-order valence-corrected chi connectivity index (χ3v) is 4.46. The van der Waals surface area contributed by atoms with Crippen LogP contribution in [0, 0.1) is 19.7 Å². The lowest BCUT2D eigenvalue weighted by molar-refractivity contribution is -0.160. The molecule has 0 aliphatic rings. The second-order valence-corrected chi connectivity index (χ2v) is 7.84. The number of methoxy groups -OCH3 is 1. The third kappa shape index (κ3) is 5.96. The molecule has 2 aromatic carbocycles. The van der Waals surface area contributed by atoms with Crippen molar-refractivity contribution in [3.05, 3.63) is 53.3 Å². The minimum absolute atomic E-state index is 0.343. The predicted octanol–water partition coefficient (Wildman–Crippen LogP) is 4.86. The number of benzene rings is 2. The van der Waals surface area contributed by atoms with Crippen molar-refractivity contribution >= 4 is 23.3 Å². The van der Waals surface area contributed by atoms with E-state index in [2.05, 4.69) is 0 Å². The summed E-state index contributed by atoms with van der Waals surface area (Å²) in [4.78, 5) is 27.6. The Bertz CT molecular complexity index is 879. The number of hydrogen-bond acceptors (Lipinski definition) is 6. The summed E-state index contributed by atoms with van der Waals surface area (Å²) in [6.07, 6.45) is -0.868. The molecule has 6 nitrogen and oxygen atoms in total. The van der Waals surface area contributed by atoms with E-state index in [0.717, 1.165) is 0 Å². The maximum Gasteiger partial charge on any atom is 0.341 e. The monoisotopic (exact) mass is 431 g/mol. The molecule has 2 aromatic rings. The van der Waals surface area contributed by atoms with Gasteiger partial charge in [-0.2, -0.15) is 0 Å². The fourth-order valence-corrected chi connectivity index (χ4v) is 3.15. The number of carbonyl (C=O) groups is 2. The van der Waals surface area contributed by atoms with E-state index in [1.165, 1.54) is 4.90 Å². The molecule has 0 spiro atoms. The molecular weight excluding hydrogens is 401 g/mol. The smallest absolute Gasteiger partial charge is 0.341 e. The Morgan fingerprint density at radius 2 is 1.29 bits per heavy atom. The molecule has 0 fully saturated rings. The van der Waals surface area contributed by atoms with E-state index >= 15 is 0 Å². The zero-order valence-corrected chi connectivity index (χ0v) is 19.1. The molecule has 0 unspecified atom stereocenters. The van der Waals surface area contributed by atoms with Gasteiger partial charge in [0, 0.05) is 11.4 Å². The average molecular weight is 432 g/mol. The van der Waals surface area contributed by atoms with Gasteiger partial charge in [-0.15, -0.1) is 0 Å². The van der Waals surface area contributed by atoms with Crippen LogP contribution in [0.15, 0.2) is 36.4 Å². The van der Waals surface area contributed by atoms with E-state index in [4.69, 9.17) is 14.2 Å². The van der Waals surface area contributed by atoms with Gasteiger partial charge in [-0.05, 0) is 89.1 Å². The van der Waals surface area contributed by atoms with Gasteiger partial charge in [-0.3, -0.25) is 0 Å². The number of aryl methyl sites for hydroxylation is 2. The molecule has 0 radical (unpaired) electrons. The van der Waals surface area contributed by atoms with E-state index in [1.54, 1.807) is 85.1 Å². The van der Waals surface area contributed by atoms with Gasteiger partial charge in [0.05, 0.1) is 19.3 Å². The maximum atomic E-state index is 14.3. The summed E-state index contributed by atoms with van der Waals surface area (Å²) in [7, 11) is 1.54. The Hall–Kier alpha value is -3.09. The number of ether oxygens (including phenoxy) is 3. The summed E-state index contributed by atoms with van der Waals surface area (Å²) in [5, 5.41) is 0. The van der Waals surface area contributed by atoms with Gasteiger partial charge in [-0.25, -0.2) is 14.0 Å². The standard InChI is InChI=1S/C24H30FNO5/c1-14(2)30-23(27)22(24(28)31-15(3)4)26(18-8-10-20(29-7)11-9-18)19-12-16(5)21(25)17(6)13-19/h8-15,22H,1-7H3. The minimum atomic E-state index is -1.41. The number of hydrogen-bond donors (Lipinski definition) is 0. The zero-order chi connectivity index (χ0) is 23.3. The van der Waals surface area contributed by atoms with Crippen LogP contribution in [0.2, 0.25) is 0 Å². The van der Waals surface area contributed by atoms with Gasteiger partial charge in [-0.1, -0.05) is 0 Å². The Labute approximate surface area is 182 Å². The van der Waals surface area contributed by atoms with E-state index in [1.807, 2.05) is 0 Å². The van der Waals surface area contributed by atoms with E-state index < -0.39 is 30.2 Å². The van der Waals surface area contributed by atoms with Crippen LogP contribution in [0.1, 0.15) is 38.8 Å². The summed E-state index contributed by atoms with van der Waals surface area (Å²) in [5.41, 5.74) is 1.77. The molecule has 0 atom stereocenters. The molecule has 0 aliphatic heterocycles. The summed E-state index contributed by atoms with van der Waals surface area (Å²) < 4.78 is 30.3. The van der Waals surface area contributed by atoms with Crippen molar-refractivity contribution in [2.45, 2.75) is 59.8 Å². The predicted molar refractivity (Wildman–Crippen MR) is 117 cm³/mol. The lowest BCUT2D eigenvalue weighted by Crippen LogP contribution is -2.47. The van der Waals surface area contributed by atoms with Crippen LogP contribution in [-0.4, -0.2) is 37.3 Å². The molecule has 0 saturated carbocycles. The number of carbonyl (C=O) groups excluding carboxylic acids is 2. The van der Waals surface area contributed by atoms with Crippen molar-refractivity contribution in [2.75, 3.05) is 12.0 Å². The van der Waals surface area contributed by atoms with Crippen molar-refractivity contribution in [3.8, 4) is 5.75 Å². The topological polar surface area (TPSA) is 65.1 Å². The number of esters is 2. The molecule has 0 heterocycles. The molecule has 31 heavy (non-hydrogen) atoms. The molecule has 0 aromatic heterocycles. The Morgan fingerprint density at radius 3 is 1.68 bits per heavy atom. The number of rotatable bonds is 8. The molecule has 2 rings (SSSR count). The average Bonchev–Trinajstić information content (AvgIpc) is 2.68. The van der Waals surface area contributed by atoms with Crippen molar-refractivity contribution in [1.29, 1.82) is 0 Å². The van der Waals surface area contributed by atoms with Crippen LogP contribution >= 0.6 is 0 Å². The first-order valence-corrected chi connectivity index (χ1v) is 10.2. The molecule has 0 bridgehead atoms. The third-order valence-electron chi connectivity index (χ3n) is 4.46. The van der Waals surface area contributed by atoms with Crippen LogP contribution in [0.25, 0.3) is 0 Å². The van der Waals surface area contributed by atoms with Crippen LogP contribution in [0.5, 0.6) is 5.75 Å². The van der Waals surface area contributed by atoms with Crippen LogP contribution in [-0.2, 0) is 19.1 Å². The fourth-order valence-electron chi connectivity index (χ4n) is 3.15. The highest BCUT2D eigenvalue weighted by Gasteiger charge is 2.38. The highest BCUT2D eigenvalue weighted by atomic mass is 19.1. The molecule has 0 aliphatic carbocycles. The quantitative estimate of drug-likeness (QED) is 0.439. The van der Waals surface area contributed by atoms with E-state index in [-0.39, 0.29) is 5.82 Å². The summed E-state index contributed by atoms with van der Waals surface area (Å²) in [5.74, 6) is -1.24. The maximum absolute atomic E-state index is 14.3. The first-order valence-electron chi connectivity index (χ1n) is 10.2. The highest BCUT2D eigenvalue weighted by molar-refractivity contribution is 6.04. The van der Waals surface area contributed by atoms with Crippen molar-refractivity contribution < 1.29 is 28.2 Å². The lowest BCUT2D eigenvalue weighted by Gasteiger charge is -2.32. The van der Waals surface area contributed by atoms with Gasteiger partial charge in [0.25, 0.3) is 0 Å². The van der Waals surface area contributed by atoms with Gasteiger partial charge >= 0.3 is 11.9 Å². The Morgan fingerprint density at radius 1 is 0.839 bits per heavy atom. The van der Waals surface area contributed by atoms with Crippen LogP contribution < -0.4 is 9.64 Å². The van der Waals surface area contributed by atoms with Crippen molar-refractivity contribution in [2.24, 2.45) is 0 Å². The first kappa shape index (κ1) is 24.2. The normalized spacial score (nSPS) is 11.1. The summed E-state index contributed by atoms with van der Waals surface area (Å²) in [6.45, 7) is 10.1. The summed E-state index contributed by atoms with van der Waals surface area (Å²) in [6, 6.07) is 8.61. The minimum Gasteiger partial charge on any atom is -0.497 e. The molecule has 0 saturated heterocycles. The van der Waals surface area contributed by atoms with Gasteiger partial charge in [0.1, 0.15) is 11.6 Å². The van der Waals surface area contributed by atoms with Gasteiger partial charge in [0.15, 0.2) is 0 Å². The van der Waals surface area contributed by atoms with Crippen molar-refractivity contribution in [3.63, 3.8) is 0 Å². The zero-order valence-electron chi connectivity index (χ0n) is 19.1. The second kappa shape index (κ2) is 10.3. The van der Waals surface area contributed by atoms with Crippen LogP contribution in [0.3, 0.4) is 0 Å². The van der Waals surface area contributed by atoms with E-state index in [0.29, 0.717) is 28.3 Å². The van der Waals surface area contributed by atoms with Gasteiger partial charge in [0.2, 0.25) is 6.04 Å². The number of halogens is 1. The van der Waals surface area contributed by atoms with Gasteiger partial charge < -0.3 is 19.1 Å². The number of anilines is 2. The Balaban J connectivity index is 2.70.